The molecule has 0 fully saturated rings. The summed E-state index contributed by atoms with van der Waals surface area (Å²) in [6.07, 6.45) is 7.29. The molecule has 0 unspecified atom stereocenters. The van der Waals surface area contributed by atoms with E-state index in [2.05, 4.69) is 10.2 Å². The Kier molecular flexibility index (Phi) is 5.67. The van der Waals surface area contributed by atoms with Crippen molar-refractivity contribution in [3.8, 4) is 22.9 Å². The summed E-state index contributed by atoms with van der Waals surface area (Å²) in [6.45, 7) is 0. The van der Waals surface area contributed by atoms with E-state index in [1.165, 1.54) is 0 Å². The summed E-state index contributed by atoms with van der Waals surface area (Å²) in [4.78, 5) is 0. The van der Waals surface area contributed by atoms with Crippen LogP contribution in [0.15, 0.2) is 85.5 Å². The van der Waals surface area contributed by atoms with Crippen LogP contribution in [0.1, 0.15) is 0 Å². The predicted molar refractivity (Wildman–Crippen MR) is 100 cm³/mol. The van der Waals surface area contributed by atoms with Crippen molar-refractivity contribution in [2.45, 2.75) is 0 Å². The smallest absolute Gasteiger partial charge is 0.144 e. The van der Waals surface area contributed by atoms with Crippen molar-refractivity contribution in [3.63, 3.8) is 0 Å². The molecule has 132 valence electrons. The summed E-state index contributed by atoms with van der Waals surface area (Å²) in [5, 5.41) is 8.25. The molecule has 0 atom stereocenters. The number of para-hydroxylation sites is 2. The maximum absolute atomic E-state index is 5.21. The van der Waals surface area contributed by atoms with Crippen LogP contribution in [0.5, 0.6) is 11.5 Å². The molecule has 0 N–H and O–H groups in total. The summed E-state index contributed by atoms with van der Waals surface area (Å²) in [5.74, 6) is 1.68. The summed E-state index contributed by atoms with van der Waals surface area (Å²) in [6, 6.07) is 19.3. The van der Waals surface area contributed by atoms with E-state index in [1.54, 1.807) is 36.0 Å². The first-order chi connectivity index (χ1) is 12.8. The molecule has 0 aliphatic heterocycles. The molecular weight excluding hydrogens is 328 g/mol. The van der Waals surface area contributed by atoms with E-state index in [0.717, 1.165) is 22.9 Å². The summed E-state index contributed by atoms with van der Waals surface area (Å²) in [5.41, 5.74) is 1.99. The molecule has 0 aliphatic carbocycles. The lowest BCUT2D eigenvalue weighted by Crippen LogP contribution is -1.97. The SMILES string of the molecule is COc1ccc(-n2cccn2)cc1.COc1ccccc1-n1cccn1. The molecule has 6 heteroatoms. The van der Waals surface area contributed by atoms with Gasteiger partial charge >= 0.3 is 0 Å². The number of hydrogen-bond acceptors (Lipinski definition) is 4. The average Bonchev–Trinajstić information content (AvgIpc) is 3.42. The minimum absolute atomic E-state index is 0.825. The number of aromatic nitrogens is 4. The Labute approximate surface area is 152 Å². The zero-order chi connectivity index (χ0) is 18.2. The van der Waals surface area contributed by atoms with Crippen LogP contribution in [-0.2, 0) is 0 Å². The Balaban J connectivity index is 0.000000151. The number of nitrogens with zero attached hydrogens (tertiary/aromatic N) is 4. The lowest BCUT2D eigenvalue weighted by molar-refractivity contribution is 0.411. The highest BCUT2D eigenvalue weighted by Gasteiger charge is 2.02. The second kappa shape index (κ2) is 8.53. The van der Waals surface area contributed by atoms with Gasteiger partial charge in [-0.1, -0.05) is 12.1 Å². The normalized spacial score (nSPS) is 9.92. The molecule has 2 aromatic carbocycles. The van der Waals surface area contributed by atoms with Crippen molar-refractivity contribution < 1.29 is 9.47 Å². The quantitative estimate of drug-likeness (QED) is 0.563. The molecule has 0 amide bonds. The van der Waals surface area contributed by atoms with E-state index >= 15 is 0 Å². The maximum Gasteiger partial charge on any atom is 0.144 e. The van der Waals surface area contributed by atoms with Crippen LogP contribution in [0.25, 0.3) is 11.4 Å². The van der Waals surface area contributed by atoms with Crippen molar-refractivity contribution in [3.05, 3.63) is 85.5 Å². The largest absolute Gasteiger partial charge is 0.497 e. The molecule has 2 heterocycles. The molecule has 4 aromatic rings. The van der Waals surface area contributed by atoms with Gasteiger partial charge in [0.25, 0.3) is 0 Å². The topological polar surface area (TPSA) is 54.1 Å². The monoisotopic (exact) mass is 348 g/mol. The second-order valence-electron chi connectivity index (χ2n) is 5.27. The molecule has 0 saturated heterocycles. The first-order valence-electron chi connectivity index (χ1n) is 8.09. The highest BCUT2D eigenvalue weighted by Crippen LogP contribution is 2.20. The number of rotatable bonds is 4. The van der Waals surface area contributed by atoms with E-state index in [0.29, 0.717) is 0 Å². The van der Waals surface area contributed by atoms with E-state index in [4.69, 9.17) is 9.47 Å². The molecule has 0 aliphatic rings. The molecule has 0 radical (unpaired) electrons. The Morgan fingerprint density at radius 3 is 1.92 bits per heavy atom. The first-order valence-corrected chi connectivity index (χ1v) is 8.09. The van der Waals surface area contributed by atoms with E-state index < -0.39 is 0 Å². The number of hydrogen-bond donors (Lipinski definition) is 0. The summed E-state index contributed by atoms with van der Waals surface area (Å²) >= 11 is 0. The third-order valence-electron chi connectivity index (χ3n) is 3.68. The fraction of sp³-hybridized carbons (Fsp3) is 0.100. The summed E-state index contributed by atoms with van der Waals surface area (Å²) < 4.78 is 13.8. The molecule has 2 aromatic heterocycles. The van der Waals surface area contributed by atoms with Gasteiger partial charge in [0.05, 0.1) is 19.9 Å². The highest BCUT2D eigenvalue weighted by molar-refractivity contribution is 5.45. The van der Waals surface area contributed by atoms with Gasteiger partial charge in [0.2, 0.25) is 0 Å². The Bertz CT molecular complexity index is 901. The van der Waals surface area contributed by atoms with Gasteiger partial charge in [-0.25, -0.2) is 9.36 Å². The summed E-state index contributed by atoms with van der Waals surface area (Å²) in [7, 11) is 3.31. The highest BCUT2D eigenvalue weighted by atomic mass is 16.5. The number of methoxy groups -OCH3 is 2. The molecule has 4 rings (SSSR count). The Morgan fingerprint density at radius 2 is 1.35 bits per heavy atom. The van der Waals surface area contributed by atoms with Crippen LogP contribution in [0.2, 0.25) is 0 Å². The molecule has 0 spiro atoms. The van der Waals surface area contributed by atoms with Crippen LogP contribution in [0, 0.1) is 0 Å². The predicted octanol–water partition coefficient (Wildman–Crippen LogP) is 3.76. The van der Waals surface area contributed by atoms with Crippen LogP contribution in [-0.4, -0.2) is 33.8 Å². The van der Waals surface area contributed by atoms with E-state index in [1.807, 2.05) is 73.1 Å². The number of ether oxygens (including phenoxy) is 2. The zero-order valence-electron chi connectivity index (χ0n) is 14.7. The van der Waals surface area contributed by atoms with Crippen molar-refractivity contribution >= 4 is 0 Å². The van der Waals surface area contributed by atoms with Gasteiger partial charge < -0.3 is 9.47 Å². The van der Waals surface area contributed by atoms with Gasteiger partial charge in [-0.15, -0.1) is 0 Å². The minimum Gasteiger partial charge on any atom is -0.497 e. The van der Waals surface area contributed by atoms with Gasteiger partial charge in [0, 0.05) is 24.8 Å². The zero-order valence-corrected chi connectivity index (χ0v) is 14.7. The fourth-order valence-corrected chi connectivity index (χ4v) is 2.39. The fourth-order valence-electron chi connectivity index (χ4n) is 2.39. The van der Waals surface area contributed by atoms with Crippen molar-refractivity contribution in [1.82, 2.24) is 19.6 Å². The Morgan fingerprint density at radius 1 is 0.692 bits per heavy atom. The lowest BCUT2D eigenvalue weighted by atomic mass is 10.3. The van der Waals surface area contributed by atoms with Crippen LogP contribution in [0.4, 0.5) is 0 Å². The molecule has 0 saturated carbocycles. The van der Waals surface area contributed by atoms with Gasteiger partial charge in [0.15, 0.2) is 0 Å². The molecule has 6 nitrogen and oxygen atoms in total. The third kappa shape index (κ3) is 4.10. The van der Waals surface area contributed by atoms with Crippen LogP contribution in [0.3, 0.4) is 0 Å². The van der Waals surface area contributed by atoms with E-state index in [-0.39, 0.29) is 0 Å². The van der Waals surface area contributed by atoms with Gasteiger partial charge in [-0.3, -0.25) is 0 Å². The lowest BCUT2D eigenvalue weighted by Gasteiger charge is -2.06. The van der Waals surface area contributed by atoms with Gasteiger partial charge in [-0.2, -0.15) is 10.2 Å². The van der Waals surface area contributed by atoms with Gasteiger partial charge in [0.1, 0.15) is 17.2 Å². The third-order valence-corrected chi connectivity index (χ3v) is 3.68. The Hall–Kier alpha value is -3.54. The second-order valence-corrected chi connectivity index (χ2v) is 5.27. The number of benzene rings is 2. The van der Waals surface area contributed by atoms with Crippen LogP contribution >= 0.6 is 0 Å². The minimum atomic E-state index is 0.825. The molecule has 26 heavy (non-hydrogen) atoms. The van der Waals surface area contributed by atoms with Crippen molar-refractivity contribution in [2.75, 3.05) is 14.2 Å². The molecular formula is C20H20N4O2. The van der Waals surface area contributed by atoms with Gasteiger partial charge in [-0.05, 0) is 48.5 Å². The first kappa shape index (κ1) is 17.3. The van der Waals surface area contributed by atoms with Crippen molar-refractivity contribution in [2.24, 2.45) is 0 Å². The standard InChI is InChI=1S/2C10H10N2O/c1-13-10-5-3-9(4-6-10)12-8-2-7-11-12;1-13-10-6-3-2-5-9(10)12-8-4-7-11-12/h2*2-8H,1H3. The maximum atomic E-state index is 5.21. The van der Waals surface area contributed by atoms with Crippen molar-refractivity contribution in [1.29, 1.82) is 0 Å². The molecule has 0 bridgehead atoms. The van der Waals surface area contributed by atoms with E-state index in [9.17, 15) is 0 Å². The van der Waals surface area contributed by atoms with Crippen LogP contribution < -0.4 is 9.47 Å². The average molecular weight is 348 g/mol.